The smallest absolute Gasteiger partial charge is 0.0471 e. The maximum Gasteiger partial charge on any atom is 0.0471 e. The molecule has 1 saturated carbocycles. The van der Waals surface area contributed by atoms with Crippen LogP contribution < -0.4 is 5.32 Å². The third-order valence-corrected chi connectivity index (χ3v) is 5.11. The summed E-state index contributed by atoms with van der Waals surface area (Å²) in [6, 6.07) is 0. The zero-order valence-corrected chi connectivity index (χ0v) is 12.2. The van der Waals surface area contributed by atoms with E-state index < -0.39 is 0 Å². The van der Waals surface area contributed by atoms with E-state index in [-0.39, 0.29) is 0 Å². The van der Waals surface area contributed by atoms with Crippen molar-refractivity contribution < 1.29 is 4.74 Å². The van der Waals surface area contributed by atoms with E-state index in [1.165, 1.54) is 64.3 Å². The number of ether oxygens (including phenoxy) is 1. The Kier molecular flexibility index (Phi) is 5.97. The lowest BCUT2D eigenvalue weighted by atomic mass is 9.73. The maximum atomic E-state index is 5.57. The van der Waals surface area contributed by atoms with Crippen molar-refractivity contribution in [2.75, 3.05) is 26.3 Å². The van der Waals surface area contributed by atoms with Crippen LogP contribution in [0.2, 0.25) is 0 Å². The van der Waals surface area contributed by atoms with Crippen molar-refractivity contribution in [3.63, 3.8) is 0 Å². The Morgan fingerprint density at radius 1 is 1.11 bits per heavy atom. The molecule has 2 fully saturated rings. The summed E-state index contributed by atoms with van der Waals surface area (Å²) >= 11 is 0. The summed E-state index contributed by atoms with van der Waals surface area (Å²) in [5.41, 5.74) is 0.547. The van der Waals surface area contributed by atoms with E-state index in [0.717, 1.165) is 25.7 Å². The molecule has 0 aromatic heterocycles. The predicted octanol–water partition coefficient (Wildman–Crippen LogP) is 3.75. The van der Waals surface area contributed by atoms with Crippen molar-refractivity contribution in [3.8, 4) is 0 Å². The van der Waals surface area contributed by atoms with E-state index in [0.29, 0.717) is 5.41 Å². The van der Waals surface area contributed by atoms with Gasteiger partial charge in [0, 0.05) is 19.8 Å². The maximum absolute atomic E-state index is 5.57. The van der Waals surface area contributed by atoms with Crippen molar-refractivity contribution >= 4 is 0 Å². The Bertz CT molecular complexity index is 217. The molecule has 0 aromatic carbocycles. The molecule has 18 heavy (non-hydrogen) atoms. The molecule has 0 bridgehead atoms. The Hall–Kier alpha value is -0.0800. The molecule has 2 heteroatoms. The first-order valence-electron chi connectivity index (χ1n) is 8.13. The molecule has 0 unspecified atom stereocenters. The number of rotatable bonds is 6. The topological polar surface area (TPSA) is 21.3 Å². The average molecular weight is 253 g/mol. The molecule has 1 aliphatic heterocycles. The van der Waals surface area contributed by atoms with E-state index in [4.69, 9.17) is 4.74 Å². The van der Waals surface area contributed by atoms with Gasteiger partial charge in [0.25, 0.3) is 0 Å². The Labute approximate surface area is 113 Å². The summed E-state index contributed by atoms with van der Waals surface area (Å²) < 4.78 is 5.57. The highest BCUT2D eigenvalue weighted by Crippen LogP contribution is 2.38. The van der Waals surface area contributed by atoms with Crippen molar-refractivity contribution in [1.29, 1.82) is 0 Å². The predicted molar refractivity (Wildman–Crippen MR) is 76.8 cm³/mol. The Morgan fingerprint density at radius 2 is 1.83 bits per heavy atom. The van der Waals surface area contributed by atoms with Crippen LogP contribution >= 0.6 is 0 Å². The SMILES string of the molecule is CCNCC1(CCC2CCCCC2)CCOCC1. The van der Waals surface area contributed by atoms with Crippen molar-refractivity contribution in [3.05, 3.63) is 0 Å². The van der Waals surface area contributed by atoms with Crippen LogP contribution in [0.25, 0.3) is 0 Å². The Balaban J connectivity index is 1.79. The van der Waals surface area contributed by atoms with Crippen LogP contribution in [-0.2, 0) is 4.74 Å². The van der Waals surface area contributed by atoms with Crippen LogP contribution in [0.15, 0.2) is 0 Å². The van der Waals surface area contributed by atoms with Crippen molar-refractivity contribution in [2.45, 2.75) is 64.7 Å². The molecule has 0 amide bonds. The molecule has 2 aliphatic rings. The monoisotopic (exact) mass is 253 g/mol. The normalized spacial score (nSPS) is 25.2. The minimum atomic E-state index is 0.547. The highest BCUT2D eigenvalue weighted by Gasteiger charge is 2.32. The second kappa shape index (κ2) is 7.49. The Morgan fingerprint density at radius 3 is 2.50 bits per heavy atom. The first-order chi connectivity index (χ1) is 8.85. The van der Waals surface area contributed by atoms with Gasteiger partial charge >= 0.3 is 0 Å². The molecule has 106 valence electrons. The van der Waals surface area contributed by atoms with Gasteiger partial charge in [-0.25, -0.2) is 0 Å². The minimum Gasteiger partial charge on any atom is -0.381 e. The van der Waals surface area contributed by atoms with E-state index >= 15 is 0 Å². The first-order valence-corrected chi connectivity index (χ1v) is 8.13. The molecule has 1 heterocycles. The third kappa shape index (κ3) is 4.24. The average Bonchev–Trinajstić information content (AvgIpc) is 2.45. The van der Waals surface area contributed by atoms with Gasteiger partial charge in [-0.1, -0.05) is 39.0 Å². The second-order valence-electron chi connectivity index (χ2n) is 6.44. The van der Waals surface area contributed by atoms with Crippen LogP contribution in [0.3, 0.4) is 0 Å². The molecule has 0 radical (unpaired) electrons. The summed E-state index contributed by atoms with van der Waals surface area (Å²) in [6.07, 6.45) is 12.9. The first kappa shape index (κ1) is 14.3. The lowest BCUT2D eigenvalue weighted by Gasteiger charge is -2.39. The standard InChI is InChI=1S/C16H31NO/c1-2-17-14-16(10-12-18-13-11-16)9-8-15-6-4-3-5-7-15/h15,17H,2-14H2,1H3. The highest BCUT2D eigenvalue weighted by molar-refractivity contribution is 4.85. The molecule has 0 spiro atoms. The second-order valence-corrected chi connectivity index (χ2v) is 6.44. The molecular weight excluding hydrogens is 222 g/mol. The summed E-state index contributed by atoms with van der Waals surface area (Å²) in [5, 5.41) is 3.59. The largest absolute Gasteiger partial charge is 0.381 e. The summed E-state index contributed by atoms with van der Waals surface area (Å²) in [5.74, 6) is 1.03. The van der Waals surface area contributed by atoms with Gasteiger partial charge in [-0.3, -0.25) is 0 Å². The van der Waals surface area contributed by atoms with Gasteiger partial charge in [-0.05, 0) is 43.6 Å². The minimum absolute atomic E-state index is 0.547. The van der Waals surface area contributed by atoms with Crippen LogP contribution in [0.1, 0.15) is 64.7 Å². The number of hydrogen-bond donors (Lipinski definition) is 1. The molecule has 1 saturated heterocycles. The highest BCUT2D eigenvalue weighted by atomic mass is 16.5. The van der Waals surface area contributed by atoms with Gasteiger partial charge in [0.15, 0.2) is 0 Å². The molecule has 1 aliphatic carbocycles. The van der Waals surface area contributed by atoms with Crippen LogP contribution in [0, 0.1) is 11.3 Å². The van der Waals surface area contributed by atoms with Crippen LogP contribution in [0.4, 0.5) is 0 Å². The number of nitrogens with one attached hydrogen (secondary N) is 1. The lowest BCUT2D eigenvalue weighted by molar-refractivity contribution is 0.00678. The van der Waals surface area contributed by atoms with Crippen molar-refractivity contribution in [1.82, 2.24) is 5.32 Å². The summed E-state index contributed by atoms with van der Waals surface area (Å²) in [4.78, 5) is 0. The van der Waals surface area contributed by atoms with Gasteiger partial charge in [0.1, 0.15) is 0 Å². The van der Waals surface area contributed by atoms with Crippen LogP contribution in [-0.4, -0.2) is 26.3 Å². The fourth-order valence-corrected chi connectivity index (χ4v) is 3.70. The van der Waals surface area contributed by atoms with Gasteiger partial charge < -0.3 is 10.1 Å². The molecular formula is C16H31NO. The zero-order valence-electron chi connectivity index (χ0n) is 12.2. The molecule has 0 aromatic rings. The van der Waals surface area contributed by atoms with E-state index in [9.17, 15) is 0 Å². The fraction of sp³-hybridized carbons (Fsp3) is 1.00. The number of hydrogen-bond acceptors (Lipinski definition) is 2. The van der Waals surface area contributed by atoms with E-state index in [1.54, 1.807) is 0 Å². The molecule has 2 nitrogen and oxygen atoms in total. The molecule has 2 rings (SSSR count). The quantitative estimate of drug-likeness (QED) is 0.778. The summed E-state index contributed by atoms with van der Waals surface area (Å²) in [7, 11) is 0. The third-order valence-electron chi connectivity index (χ3n) is 5.11. The van der Waals surface area contributed by atoms with Crippen LogP contribution in [0.5, 0.6) is 0 Å². The van der Waals surface area contributed by atoms with Gasteiger partial charge in [0.05, 0.1) is 0 Å². The fourth-order valence-electron chi connectivity index (χ4n) is 3.70. The zero-order chi connectivity index (χ0) is 12.7. The van der Waals surface area contributed by atoms with Crippen molar-refractivity contribution in [2.24, 2.45) is 11.3 Å². The molecule has 0 atom stereocenters. The lowest BCUT2D eigenvalue weighted by Crippen LogP contribution is -2.39. The molecule has 1 N–H and O–H groups in total. The van der Waals surface area contributed by atoms with E-state index in [2.05, 4.69) is 12.2 Å². The van der Waals surface area contributed by atoms with E-state index in [1.807, 2.05) is 0 Å². The van der Waals surface area contributed by atoms with Gasteiger partial charge in [-0.2, -0.15) is 0 Å². The van der Waals surface area contributed by atoms with Gasteiger partial charge in [0.2, 0.25) is 0 Å². The summed E-state index contributed by atoms with van der Waals surface area (Å²) in [6.45, 7) is 6.49. The van der Waals surface area contributed by atoms with Gasteiger partial charge in [-0.15, -0.1) is 0 Å².